The summed E-state index contributed by atoms with van der Waals surface area (Å²) in [6.45, 7) is 3.70. The third-order valence-corrected chi connectivity index (χ3v) is 6.10. The van der Waals surface area contributed by atoms with Gasteiger partial charge in [0.25, 0.3) is 21.8 Å². The standard InChI is InChI=1S/C22H25N3O8S/c1-14(2)9-10-32-16-5-3-15(4-6-16)22(29)23-24-34(30,31)17-7-8-19-18(11-17)25(12-21(27)28)20(26)13-33-19/h3-8,11,14,24H,9-10,12-13H2,1-2H3,(H,23,29)(H,27,28). The maximum atomic E-state index is 12.7. The van der Waals surface area contributed by atoms with Crippen molar-refractivity contribution in [2.45, 2.75) is 25.2 Å². The van der Waals surface area contributed by atoms with Crippen LogP contribution in [0.1, 0.15) is 30.6 Å². The lowest BCUT2D eigenvalue weighted by molar-refractivity contribution is -0.137. The first-order chi connectivity index (χ1) is 16.1. The number of benzene rings is 2. The summed E-state index contributed by atoms with van der Waals surface area (Å²) in [5.41, 5.74) is 2.33. The Labute approximate surface area is 196 Å². The molecule has 0 saturated carbocycles. The molecular weight excluding hydrogens is 466 g/mol. The maximum Gasteiger partial charge on any atom is 0.323 e. The largest absolute Gasteiger partial charge is 0.494 e. The molecule has 0 aromatic heterocycles. The highest BCUT2D eigenvalue weighted by atomic mass is 32.2. The number of ether oxygens (including phenoxy) is 2. The number of sulfonamides is 1. The van der Waals surface area contributed by atoms with Gasteiger partial charge < -0.3 is 14.6 Å². The molecule has 2 aromatic rings. The predicted octanol–water partition coefficient (Wildman–Crippen LogP) is 1.54. The molecule has 3 rings (SSSR count). The van der Waals surface area contributed by atoms with Crippen LogP contribution in [-0.4, -0.2) is 51.1 Å². The van der Waals surface area contributed by atoms with Crippen molar-refractivity contribution in [1.82, 2.24) is 10.3 Å². The van der Waals surface area contributed by atoms with Crippen molar-refractivity contribution in [2.75, 3.05) is 24.7 Å². The molecular formula is C22H25N3O8S. The third-order valence-electron chi connectivity index (χ3n) is 4.86. The number of aliphatic carboxylic acids is 1. The number of carboxylic acid groups (broad SMARTS) is 1. The molecule has 0 radical (unpaired) electrons. The number of nitrogens with zero attached hydrogens (tertiary/aromatic N) is 1. The number of fused-ring (bicyclic) bond motifs is 1. The lowest BCUT2D eigenvalue weighted by Gasteiger charge is -2.28. The number of amides is 2. The van der Waals surface area contributed by atoms with Crippen LogP contribution in [0.5, 0.6) is 11.5 Å². The molecule has 1 aliphatic rings. The molecule has 2 amide bonds. The minimum absolute atomic E-state index is 0.000840. The van der Waals surface area contributed by atoms with Gasteiger partial charge in [0.2, 0.25) is 0 Å². The van der Waals surface area contributed by atoms with E-state index in [4.69, 9.17) is 14.6 Å². The number of hydrazine groups is 1. The van der Waals surface area contributed by atoms with Gasteiger partial charge in [-0.05, 0) is 54.8 Å². The van der Waals surface area contributed by atoms with Crippen molar-refractivity contribution in [2.24, 2.45) is 5.92 Å². The van der Waals surface area contributed by atoms with E-state index in [9.17, 15) is 22.8 Å². The monoisotopic (exact) mass is 491 g/mol. The van der Waals surface area contributed by atoms with E-state index >= 15 is 0 Å². The summed E-state index contributed by atoms with van der Waals surface area (Å²) in [5.74, 6) is -1.32. The van der Waals surface area contributed by atoms with Gasteiger partial charge in [-0.3, -0.25) is 24.7 Å². The van der Waals surface area contributed by atoms with Crippen LogP contribution in [0.3, 0.4) is 0 Å². The smallest absolute Gasteiger partial charge is 0.323 e. The minimum Gasteiger partial charge on any atom is -0.494 e. The van der Waals surface area contributed by atoms with Crippen LogP contribution >= 0.6 is 0 Å². The normalized spacial score (nSPS) is 13.3. The molecule has 0 saturated heterocycles. The number of hydrogen-bond acceptors (Lipinski definition) is 7. The summed E-state index contributed by atoms with van der Waals surface area (Å²) in [7, 11) is -4.24. The molecule has 182 valence electrons. The Morgan fingerprint density at radius 1 is 1.18 bits per heavy atom. The van der Waals surface area contributed by atoms with Gasteiger partial charge in [-0.1, -0.05) is 13.8 Å². The molecule has 0 aliphatic carbocycles. The summed E-state index contributed by atoms with van der Waals surface area (Å²) in [6.07, 6.45) is 0.890. The molecule has 2 aromatic carbocycles. The van der Waals surface area contributed by atoms with E-state index in [2.05, 4.69) is 19.3 Å². The topological polar surface area (TPSA) is 151 Å². The first-order valence-electron chi connectivity index (χ1n) is 10.4. The van der Waals surface area contributed by atoms with Crippen molar-refractivity contribution in [3.8, 4) is 11.5 Å². The number of anilines is 1. The number of carboxylic acids is 1. The Morgan fingerprint density at radius 2 is 1.88 bits per heavy atom. The summed E-state index contributed by atoms with van der Waals surface area (Å²) in [5, 5.41) is 9.05. The molecule has 1 aliphatic heterocycles. The predicted molar refractivity (Wildman–Crippen MR) is 121 cm³/mol. The lowest BCUT2D eigenvalue weighted by atomic mass is 10.1. The number of carbonyl (C=O) groups is 3. The molecule has 12 heteroatoms. The van der Waals surface area contributed by atoms with Crippen molar-refractivity contribution in [3.63, 3.8) is 0 Å². The Balaban J connectivity index is 1.67. The maximum absolute atomic E-state index is 12.7. The Morgan fingerprint density at radius 3 is 2.53 bits per heavy atom. The summed E-state index contributed by atoms with van der Waals surface area (Å²) >= 11 is 0. The molecule has 11 nitrogen and oxygen atoms in total. The fraction of sp³-hybridized carbons (Fsp3) is 0.318. The van der Waals surface area contributed by atoms with Gasteiger partial charge in [-0.2, -0.15) is 0 Å². The van der Waals surface area contributed by atoms with E-state index in [0.29, 0.717) is 18.3 Å². The van der Waals surface area contributed by atoms with E-state index in [1.54, 1.807) is 12.1 Å². The number of carbonyl (C=O) groups excluding carboxylic acids is 2. The number of hydrogen-bond donors (Lipinski definition) is 3. The van der Waals surface area contributed by atoms with Gasteiger partial charge >= 0.3 is 5.97 Å². The van der Waals surface area contributed by atoms with Gasteiger partial charge in [0.05, 0.1) is 17.2 Å². The van der Waals surface area contributed by atoms with Crippen LogP contribution in [0.15, 0.2) is 47.4 Å². The SMILES string of the molecule is CC(C)CCOc1ccc(C(=O)NNS(=O)(=O)c2ccc3c(c2)N(CC(=O)O)C(=O)CO3)cc1. The van der Waals surface area contributed by atoms with E-state index in [-0.39, 0.29) is 28.5 Å². The quantitative estimate of drug-likeness (QED) is 0.424. The zero-order chi connectivity index (χ0) is 24.9. The number of rotatable bonds is 10. The molecule has 0 bridgehead atoms. The fourth-order valence-electron chi connectivity index (χ4n) is 3.02. The van der Waals surface area contributed by atoms with Gasteiger partial charge in [0, 0.05) is 5.56 Å². The van der Waals surface area contributed by atoms with E-state index in [0.717, 1.165) is 17.4 Å². The van der Waals surface area contributed by atoms with Gasteiger partial charge in [-0.25, -0.2) is 8.42 Å². The van der Waals surface area contributed by atoms with Crippen LogP contribution in [0.4, 0.5) is 5.69 Å². The van der Waals surface area contributed by atoms with E-state index < -0.39 is 34.4 Å². The fourth-order valence-corrected chi connectivity index (χ4v) is 3.88. The highest BCUT2D eigenvalue weighted by molar-refractivity contribution is 7.89. The van der Waals surface area contributed by atoms with Gasteiger partial charge in [0.1, 0.15) is 18.0 Å². The van der Waals surface area contributed by atoms with Crippen molar-refractivity contribution >= 4 is 33.5 Å². The highest BCUT2D eigenvalue weighted by Gasteiger charge is 2.29. The van der Waals surface area contributed by atoms with E-state index in [1.807, 2.05) is 4.83 Å². The van der Waals surface area contributed by atoms with Crippen LogP contribution in [0, 0.1) is 5.92 Å². The van der Waals surface area contributed by atoms with Gasteiger partial charge in [0.15, 0.2) is 6.61 Å². The van der Waals surface area contributed by atoms with E-state index in [1.165, 1.54) is 24.3 Å². The first kappa shape index (κ1) is 25.0. The van der Waals surface area contributed by atoms with Crippen LogP contribution < -0.4 is 24.6 Å². The lowest BCUT2D eigenvalue weighted by Crippen LogP contribution is -2.43. The second kappa shape index (κ2) is 10.5. The molecule has 34 heavy (non-hydrogen) atoms. The Kier molecular flexibility index (Phi) is 7.74. The average Bonchev–Trinajstić information content (AvgIpc) is 2.79. The van der Waals surface area contributed by atoms with Crippen LogP contribution in [0.25, 0.3) is 0 Å². The second-order valence-corrected chi connectivity index (χ2v) is 9.59. The van der Waals surface area contributed by atoms with Crippen LogP contribution in [-0.2, 0) is 19.6 Å². The van der Waals surface area contributed by atoms with Gasteiger partial charge in [-0.15, -0.1) is 4.83 Å². The van der Waals surface area contributed by atoms with Crippen molar-refractivity contribution < 1.29 is 37.4 Å². The Hall–Kier alpha value is -3.64. The van der Waals surface area contributed by atoms with Crippen molar-refractivity contribution in [3.05, 3.63) is 48.0 Å². The summed E-state index contributed by atoms with van der Waals surface area (Å²) < 4.78 is 36.2. The zero-order valence-electron chi connectivity index (χ0n) is 18.6. The third kappa shape index (κ3) is 6.23. The Bertz CT molecular complexity index is 1180. The van der Waals surface area contributed by atoms with Crippen LogP contribution in [0.2, 0.25) is 0 Å². The average molecular weight is 492 g/mol. The summed E-state index contributed by atoms with van der Waals surface area (Å²) in [4.78, 5) is 38.1. The highest BCUT2D eigenvalue weighted by Crippen LogP contribution is 2.34. The molecule has 0 spiro atoms. The molecule has 0 fully saturated rings. The van der Waals surface area contributed by atoms with Crippen molar-refractivity contribution in [1.29, 1.82) is 0 Å². The molecule has 0 unspecified atom stereocenters. The zero-order valence-corrected chi connectivity index (χ0v) is 19.4. The molecule has 3 N–H and O–H groups in total. The first-order valence-corrected chi connectivity index (χ1v) is 11.9. The molecule has 0 atom stereocenters. The second-order valence-electron chi connectivity index (χ2n) is 7.91. The minimum atomic E-state index is -4.24. The number of nitrogens with one attached hydrogen (secondary N) is 2. The molecule has 1 heterocycles. The summed E-state index contributed by atoms with van der Waals surface area (Å²) in [6, 6.07) is 9.85.